The molecule has 0 aliphatic rings. The van der Waals surface area contributed by atoms with Gasteiger partial charge in [0.2, 0.25) is 0 Å². The average Bonchev–Trinajstić information content (AvgIpc) is 2.15. The highest BCUT2D eigenvalue weighted by Gasteiger charge is 2.32. The van der Waals surface area contributed by atoms with Crippen molar-refractivity contribution in [3.63, 3.8) is 0 Å². The van der Waals surface area contributed by atoms with E-state index in [2.05, 4.69) is 0 Å². The van der Waals surface area contributed by atoms with Crippen LogP contribution in [0.2, 0.25) is 0 Å². The third-order valence-corrected chi connectivity index (χ3v) is 1.64. The number of rotatable bonds is 1. The fourth-order valence-electron chi connectivity index (χ4n) is 0.961. The van der Waals surface area contributed by atoms with Crippen LogP contribution in [0.4, 0.5) is 18.9 Å². The summed E-state index contributed by atoms with van der Waals surface area (Å²) in [4.78, 5) is 9.41. The Balaban J connectivity index is 3.34. The number of nitriles is 1. The maximum atomic E-state index is 12.2. The van der Waals surface area contributed by atoms with Crippen LogP contribution in [0.25, 0.3) is 0 Å². The molecule has 78 valence electrons. The third kappa shape index (κ3) is 2.22. The molecule has 0 saturated heterocycles. The average molecular weight is 216 g/mol. The summed E-state index contributed by atoms with van der Waals surface area (Å²) in [6, 6.07) is 3.04. The highest BCUT2D eigenvalue weighted by atomic mass is 19.4. The molecule has 0 atom stereocenters. The molecule has 0 fully saturated rings. The van der Waals surface area contributed by atoms with Crippen LogP contribution in [0, 0.1) is 21.4 Å². The van der Waals surface area contributed by atoms with Crippen LogP contribution >= 0.6 is 0 Å². The Hall–Kier alpha value is -2.10. The molecule has 1 rings (SSSR count). The van der Waals surface area contributed by atoms with Gasteiger partial charge in [0.15, 0.2) is 0 Å². The minimum Gasteiger partial charge on any atom is -0.258 e. The van der Waals surface area contributed by atoms with E-state index in [-0.39, 0.29) is 0 Å². The second kappa shape index (κ2) is 3.57. The quantitative estimate of drug-likeness (QED) is 0.534. The number of hydrogen-bond donors (Lipinski definition) is 0. The van der Waals surface area contributed by atoms with Gasteiger partial charge in [-0.1, -0.05) is 0 Å². The zero-order valence-electron chi connectivity index (χ0n) is 7.08. The molecule has 0 aromatic heterocycles. The van der Waals surface area contributed by atoms with E-state index >= 15 is 0 Å². The van der Waals surface area contributed by atoms with E-state index in [4.69, 9.17) is 5.26 Å². The Morgan fingerprint density at radius 2 is 2.00 bits per heavy atom. The second-order valence-corrected chi connectivity index (χ2v) is 2.60. The van der Waals surface area contributed by atoms with Crippen LogP contribution in [-0.4, -0.2) is 4.92 Å². The van der Waals surface area contributed by atoms with Gasteiger partial charge in [-0.2, -0.15) is 18.4 Å². The van der Waals surface area contributed by atoms with Crippen LogP contribution in [0.1, 0.15) is 11.1 Å². The van der Waals surface area contributed by atoms with Gasteiger partial charge in [0.25, 0.3) is 5.69 Å². The first-order valence-electron chi connectivity index (χ1n) is 3.62. The summed E-state index contributed by atoms with van der Waals surface area (Å²) in [5.41, 5.74) is -2.31. The monoisotopic (exact) mass is 216 g/mol. The molecule has 4 nitrogen and oxygen atoms in total. The lowest BCUT2D eigenvalue weighted by Crippen LogP contribution is -2.06. The first kappa shape index (κ1) is 11.0. The van der Waals surface area contributed by atoms with Gasteiger partial charge >= 0.3 is 6.18 Å². The summed E-state index contributed by atoms with van der Waals surface area (Å²) < 4.78 is 36.5. The number of alkyl halides is 3. The Morgan fingerprint density at radius 1 is 1.40 bits per heavy atom. The van der Waals surface area contributed by atoms with Crippen molar-refractivity contribution in [2.24, 2.45) is 0 Å². The van der Waals surface area contributed by atoms with Crippen molar-refractivity contribution in [3.05, 3.63) is 39.4 Å². The Labute approximate surface area is 81.7 Å². The summed E-state index contributed by atoms with van der Waals surface area (Å²) in [7, 11) is 0. The van der Waals surface area contributed by atoms with Crippen LogP contribution < -0.4 is 0 Å². The number of nitro groups is 1. The summed E-state index contributed by atoms with van der Waals surface area (Å²) in [5, 5.41) is 18.8. The first-order chi connectivity index (χ1) is 6.86. The minimum absolute atomic E-state index is 0.456. The van der Waals surface area contributed by atoms with Gasteiger partial charge in [-0.3, -0.25) is 10.1 Å². The van der Waals surface area contributed by atoms with Gasteiger partial charge in [-0.15, -0.1) is 0 Å². The van der Waals surface area contributed by atoms with Gasteiger partial charge in [-0.05, 0) is 12.1 Å². The van der Waals surface area contributed by atoms with E-state index in [1.807, 2.05) is 0 Å². The normalized spacial score (nSPS) is 10.8. The first-order valence-corrected chi connectivity index (χ1v) is 3.62. The van der Waals surface area contributed by atoms with Gasteiger partial charge in [-0.25, -0.2) is 0 Å². The van der Waals surface area contributed by atoms with Crippen LogP contribution in [0.3, 0.4) is 0 Å². The standard InChI is InChI=1S/C8H3F3N2O2/c9-8(10,11)6-1-2-7(13(14)15)5(3-6)4-12/h1-3H. The maximum Gasteiger partial charge on any atom is 0.416 e. The Bertz CT molecular complexity index is 448. The van der Waals surface area contributed by atoms with Gasteiger partial charge in [0, 0.05) is 6.07 Å². The van der Waals surface area contributed by atoms with Crippen LogP contribution in [-0.2, 0) is 6.18 Å². The highest BCUT2D eigenvalue weighted by molar-refractivity contribution is 5.50. The summed E-state index contributed by atoms with van der Waals surface area (Å²) in [6.45, 7) is 0. The predicted molar refractivity (Wildman–Crippen MR) is 42.8 cm³/mol. The van der Waals surface area contributed by atoms with Crippen molar-refractivity contribution in [2.75, 3.05) is 0 Å². The largest absolute Gasteiger partial charge is 0.416 e. The molecule has 0 aliphatic heterocycles. The van der Waals surface area contributed by atoms with E-state index in [0.29, 0.717) is 18.2 Å². The number of nitrogens with zero attached hydrogens (tertiary/aromatic N) is 2. The summed E-state index contributed by atoms with van der Waals surface area (Å²) >= 11 is 0. The lowest BCUT2D eigenvalue weighted by molar-refractivity contribution is -0.385. The van der Waals surface area contributed by atoms with Crippen molar-refractivity contribution in [1.82, 2.24) is 0 Å². The molecule has 1 aromatic carbocycles. The SMILES string of the molecule is N#Cc1cc(C(F)(F)F)ccc1[N+](=O)[O-]. The van der Waals surface area contributed by atoms with Crippen molar-refractivity contribution in [2.45, 2.75) is 6.18 Å². The molecule has 0 spiro atoms. The molecule has 15 heavy (non-hydrogen) atoms. The van der Waals surface area contributed by atoms with Gasteiger partial charge < -0.3 is 0 Å². The van der Waals surface area contributed by atoms with E-state index < -0.39 is 27.9 Å². The van der Waals surface area contributed by atoms with Gasteiger partial charge in [0.1, 0.15) is 11.6 Å². The van der Waals surface area contributed by atoms with Crippen LogP contribution in [0.5, 0.6) is 0 Å². The van der Waals surface area contributed by atoms with E-state index in [1.54, 1.807) is 0 Å². The van der Waals surface area contributed by atoms with Crippen molar-refractivity contribution < 1.29 is 18.1 Å². The number of nitro benzene ring substituents is 1. The Kier molecular flexibility index (Phi) is 2.61. The van der Waals surface area contributed by atoms with Gasteiger partial charge in [0.05, 0.1) is 10.5 Å². The van der Waals surface area contributed by atoms with Crippen molar-refractivity contribution in [3.8, 4) is 6.07 Å². The maximum absolute atomic E-state index is 12.2. The molecule has 0 saturated carbocycles. The molecule has 1 aromatic rings. The Morgan fingerprint density at radius 3 is 2.40 bits per heavy atom. The predicted octanol–water partition coefficient (Wildman–Crippen LogP) is 2.49. The molecular weight excluding hydrogens is 213 g/mol. The smallest absolute Gasteiger partial charge is 0.258 e. The molecule has 0 heterocycles. The molecular formula is C8H3F3N2O2. The fourth-order valence-corrected chi connectivity index (χ4v) is 0.961. The van der Waals surface area contributed by atoms with E-state index in [0.717, 1.165) is 0 Å². The van der Waals surface area contributed by atoms with Crippen molar-refractivity contribution >= 4 is 5.69 Å². The highest BCUT2D eigenvalue weighted by Crippen LogP contribution is 2.32. The number of halogens is 3. The molecule has 0 N–H and O–H groups in total. The topological polar surface area (TPSA) is 66.9 Å². The third-order valence-electron chi connectivity index (χ3n) is 1.64. The van der Waals surface area contributed by atoms with Crippen LogP contribution in [0.15, 0.2) is 18.2 Å². The van der Waals surface area contributed by atoms with E-state index in [9.17, 15) is 23.3 Å². The lowest BCUT2D eigenvalue weighted by Gasteiger charge is -2.05. The lowest BCUT2D eigenvalue weighted by atomic mass is 10.1. The minimum atomic E-state index is -4.61. The van der Waals surface area contributed by atoms with Crippen molar-refractivity contribution in [1.29, 1.82) is 5.26 Å². The summed E-state index contributed by atoms with van der Waals surface area (Å²) in [5.74, 6) is 0. The molecule has 0 bridgehead atoms. The molecule has 7 heteroatoms. The molecule has 0 unspecified atom stereocenters. The number of hydrogen-bond acceptors (Lipinski definition) is 3. The zero-order valence-corrected chi connectivity index (χ0v) is 7.08. The molecule has 0 aliphatic carbocycles. The zero-order chi connectivity index (χ0) is 11.6. The summed E-state index contributed by atoms with van der Waals surface area (Å²) in [6.07, 6.45) is -4.61. The van der Waals surface area contributed by atoms with E-state index in [1.165, 1.54) is 6.07 Å². The molecule has 0 radical (unpaired) electrons. The molecule has 0 amide bonds. The number of benzene rings is 1. The fraction of sp³-hybridized carbons (Fsp3) is 0.125. The second-order valence-electron chi connectivity index (χ2n) is 2.60.